The van der Waals surface area contributed by atoms with Gasteiger partial charge in [-0.15, -0.1) is 0 Å². The summed E-state index contributed by atoms with van der Waals surface area (Å²) in [6.07, 6.45) is 0.385. The van der Waals surface area contributed by atoms with Crippen LogP contribution < -0.4 is 5.32 Å². The molecule has 1 atom stereocenters. The SMILES string of the molecule is OC(CNCCc1ccc(-c2ccccc2)cc1)c1cccc(Cl)c1. The van der Waals surface area contributed by atoms with E-state index in [1.807, 2.05) is 24.3 Å². The summed E-state index contributed by atoms with van der Waals surface area (Å²) in [5.74, 6) is 0. The molecule has 25 heavy (non-hydrogen) atoms. The van der Waals surface area contributed by atoms with Crippen molar-refractivity contribution < 1.29 is 5.11 Å². The van der Waals surface area contributed by atoms with Crippen LogP contribution in [0.1, 0.15) is 17.2 Å². The monoisotopic (exact) mass is 351 g/mol. The summed E-state index contributed by atoms with van der Waals surface area (Å²) < 4.78 is 0. The zero-order valence-corrected chi connectivity index (χ0v) is 14.8. The Morgan fingerprint density at radius 2 is 1.56 bits per heavy atom. The highest BCUT2D eigenvalue weighted by Crippen LogP contribution is 2.19. The van der Waals surface area contributed by atoms with Crippen molar-refractivity contribution in [3.8, 4) is 11.1 Å². The molecule has 0 aliphatic carbocycles. The molecular weight excluding hydrogens is 330 g/mol. The van der Waals surface area contributed by atoms with Gasteiger partial charge in [-0.25, -0.2) is 0 Å². The molecule has 3 aromatic carbocycles. The molecule has 3 rings (SSSR count). The number of halogens is 1. The quantitative estimate of drug-likeness (QED) is 0.595. The Morgan fingerprint density at radius 3 is 2.28 bits per heavy atom. The van der Waals surface area contributed by atoms with Gasteiger partial charge in [0.15, 0.2) is 0 Å². The van der Waals surface area contributed by atoms with E-state index in [1.54, 1.807) is 6.07 Å². The molecule has 0 aliphatic rings. The van der Waals surface area contributed by atoms with Gasteiger partial charge in [-0.3, -0.25) is 0 Å². The first-order valence-corrected chi connectivity index (χ1v) is 8.89. The van der Waals surface area contributed by atoms with E-state index in [-0.39, 0.29) is 0 Å². The molecule has 0 bridgehead atoms. The van der Waals surface area contributed by atoms with E-state index in [2.05, 4.69) is 53.8 Å². The summed E-state index contributed by atoms with van der Waals surface area (Å²) >= 11 is 5.96. The Kier molecular flexibility index (Phi) is 6.24. The lowest BCUT2D eigenvalue weighted by atomic mass is 10.0. The molecule has 2 nitrogen and oxygen atoms in total. The van der Waals surface area contributed by atoms with Gasteiger partial charge in [0.05, 0.1) is 6.10 Å². The highest BCUT2D eigenvalue weighted by Gasteiger charge is 2.07. The van der Waals surface area contributed by atoms with E-state index >= 15 is 0 Å². The topological polar surface area (TPSA) is 32.3 Å². The van der Waals surface area contributed by atoms with E-state index in [4.69, 9.17) is 11.6 Å². The third-order valence-electron chi connectivity index (χ3n) is 4.22. The van der Waals surface area contributed by atoms with Gasteiger partial charge in [0, 0.05) is 11.6 Å². The zero-order chi connectivity index (χ0) is 17.5. The van der Waals surface area contributed by atoms with Crippen LogP contribution in [0, 0.1) is 0 Å². The molecular formula is C22H22ClNO. The molecule has 0 saturated carbocycles. The van der Waals surface area contributed by atoms with E-state index in [0.717, 1.165) is 18.5 Å². The number of nitrogens with one attached hydrogen (secondary N) is 1. The maximum Gasteiger partial charge on any atom is 0.0914 e. The van der Waals surface area contributed by atoms with Crippen molar-refractivity contribution in [1.82, 2.24) is 5.32 Å². The molecule has 0 saturated heterocycles. The summed E-state index contributed by atoms with van der Waals surface area (Å²) in [5, 5.41) is 14.1. The number of aliphatic hydroxyl groups excluding tert-OH is 1. The average molecular weight is 352 g/mol. The fraction of sp³-hybridized carbons (Fsp3) is 0.182. The number of benzene rings is 3. The van der Waals surface area contributed by atoms with E-state index in [9.17, 15) is 5.11 Å². The lowest BCUT2D eigenvalue weighted by Crippen LogP contribution is -2.23. The van der Waals surface area contributed by atoms with Crippen molar-refractivity contribution in [2.24, 2.45) is 0 Å². The Bertz CT molecular complexity index is 787. The van der Waals surface area contributed by atoms with Gasteiger partial charge in [-0.1, -0.05) is 78.3 Å². The molecule has 128 valence electrons. The molecule has 0 spiro atoms. The lowest BCUT2D eigenvalue weighted by Gasteiger charge is -2.12. The highest BCUT2D eigenvalue weighted by molar-refractivity contribution is 6.30. The zero-order valence-electron chi connectivity index (χ0n) is 14.0. The van der Waals surface area contributed by atoms with Crippen LogP contribution in [-0.2, 0) is 6.42 Å². The van der Waals surface area contributed by atoms with Gasteiger partial charge in [0.25, 0.3) is 0 Å². The minimum atomic E-state index is -0.542. The third kappa shape index (κ3) is 5.17. The molecule has 0 amide bonds. The molecule has 0 aromatic heterocycles. The van der Waals surface area contributed by atoms with E-state index < -0.39 is 6.10 Å². The van der Waals surface area contributed by atoms with Gasteiger partial charge >= 0.3 is 0 Å². The molecule has 0 heterocycles. The van der Waals surface area contributed by atoms with Crippen LogP contribution in [0.5, 0.6) is 0 Å². The molecule has 3 heteroatoms. The summed E-state index contributed by atoms with van der Waals surface area (Å²) in [7, 11) is 0. The van der Waals surface area contributed by atoms with Gasteiger partial charge in [0.1, 0.15) is 0 Å². The number of aliphatic hydroxyl groups is 1. The molecule has 1 unspecified atom stereocenters. The van der Waals surface area contributed by atoms with Crippen molar-refractivity contribution in [2.45, 2.75) is 12.5 Å². The summed E-state index contributed by atoms with van der Waals surface area (Å²) in [5.41, 5.74) is 4.59. The van der Waals surface area contributed by atoms with Gasteiger partial charge in [-0.05, 0) is 47.4 Å². The second kappa shape index (κ2) is 8.82. The van der Waals surface area contributed by atoms with Gasteiger partial charge in [0.2, 0.25) is 0 Å². The molecule has 0 fully saturated rings. The van der Waals surface area contributed by atoms with Crippen molar-refractivity contribution in [3.63, 3.8) is 0 Å². The second-order valence-electron chi connectivity index (χ2n) is 6.09. The van der Waals surface area contributed by atoms with Crippen LogP contribution in [0.3, 0.4) is 0 Å². The first-order valence-electron chi connectivity index (χ1n) is 8.51. The lowest BCUT2D eigenvalue weighted by molar-refractivity contribution is 0.175. The summed E-state index contributed by atoms with van der Waals surface area (Å²) in [4.78, 5) is 0. The largest absolute Gasteiger partial charge is 0.387 e. The van der Waals surface area contributed by atoms with E-state index in [1.165, 1.54) is 16.7 Å². The Balaban J connectivity index is 1.46. The van der Waals surface area contributed by atoms with Crippen LogP contribution in [-0.4, -0.2) is 18.2 Å². The fourth-order valence-electron chi connectivity index (χ4n) is 2.80. The number of hydrogen-bond acceptors (Lipinski definition) is 2. The fourth-order valence-corrected chi connectivity index (χ4v) is 3.00. The first-order chi connectivity index (χ1) is 12.2. The van der Waals surface area contributed by atoms with Crippen LogP contribution in [0.15, 0.2) is 78.9 Å². The Labute approximate surface area is 154 Å². The highest BCUT2D eigenvalue weighted by atomic mass is 35.5. The van der Waals surface area contributed by atoms with Crippen LogP contribution >= 0.6 is 11.6 Å². The Morgan fingerprint density at radius 1 is 0.840 bits per heavy atom. The van der Waals surface area contributed by atoms with Crippen molar-refractivity contribution >= 4 is 11.6 Å². The molecule has 3 aromatic rings. The standard InChI is InChI=1S/C22H22ClNO/c23-21-8-4-7-20(15-21)22(25)16-24-14-13-17-9-11-19(12-10-17)18-5-2-1-3-6-18/h1-12,15,22,24-25H,13-14,16H2. The molecule has 2 N–H and O–H groups in total. The number of hydrogen-bond donors (Lipinski definition) is 2. The Hall–Kier alpha value is -2.13. The first kappa shape index (κ1) is 17.7. The van der Waals surface area contributed by atoms with Crippen molar-refractivity contribution in [1.29, 1.82) is 0 Å². The predicted molar refractivity (Wildman–Crippen MR) is 105 cm³/mol. The minimum absolute atomic E-state index is 0.516. The minimum Gasteiger partial charge on any atom is -0.387 e. The summed E-state index contributed by atoms with van der Waals surface area (Å²) in [6, 6.07) is 26.4. The number of rotatable bonds is 7. The van der Waals surface area contributed by atoms with E-state index in [0.29, 0.717) is 11.6 Å². The second-order valence-corrected chi connectivity index (χ2v) is 6.52. The van der Waals surface area contributed by atoms with Crippen LogP contribution in [0.2, 0.25) is 5.02 Å². The third-order valence-corrected chi connectivity index (χ3v) is 4.46. The van der Waals surface area contributed by atoms with Gasteiger partial charge in [-0.2, -0.15) is 0 Å². The van der Waals surface area contributed by atoms with Crippen molar-refractivity contribution in [3.05, 3.63) is 95.0 Å². The smallest absolute Gasteiger partial charge is 0.0914 e. The normalized spacial score (nSPS) is 12.1. The summed E-state index contributed by atoms with van der Waals surface area (Å²) in [6.45, 7) is 1.34. The molecule has 0 aliphatic heterocycles. The van der Waals surface area contributed by atoms with Gasteiger partial charge < -0.3 is 10.4 Å². The predicted octanol–water partition coefficient (Wildman–Crippen LogP) is 4.87. The average Bonchev–Trinajstić information content (AvgIpc) is 2.66. The molecule has 0 radical (unpaired) electrons. The maximum atomic E-state index is 10.2. The van der Waals surface area contributed by atoms with Crippen LogP contribution in [0.4, 0.5) is 0 Å². The maximum absolute atomic E-state index is 10.2. The van der Waals surface area contributed by atoms with Crippen molar-refractivity contribution in [2.75, 3.05) is 13.1 Å². The van der Waals surface area contributed by atoms with Crippen LogP contribution in [0.25, 0.3) is 11.1 Å².